The minimum Gasteiger partial charge on any atom is -0.481 e. The van der Waals surface area contributed by atoms with Crippen LogP contribution in [0, 0.1) is 0 Å². The molecule has 1 aromatic carbocycles. The summed E-state index contributed by atoms with van der Waals surface area (Å²) in [6.45, 7) is 1.94. The Morgan fingerprint density at radius 1 is 1.21 bits per heavy atom. The van der Waals surface area contributed by atoms with Crippen LogP contribution in [0.5, 0.6) is 5.88 Å². The minimum atomic E-state index is 0.0125. The number of carbonyl (C=O) groups is 1. The molecule has 0 unspecified atom stereocenters. The number of aromatic nitrogens is 1. The number of rotatable bonds is 5. The van der Waals surface area contributed by atoms with E-state index in [4.69, 9.17) is 4.74 Å². The van der Waals surface area contributed by atoms with Crippen LogP contribution in [0.2, 0.25) is 0 Å². The van der Waals surface area contributed by atoms with Gasteiger partial charge in [-0.3, -0.25) is 4.79 Å². The molecular weight excluding hydrogens is 240 g/mol. The van der Waals surface area contributed by atoms with E-state index in [9.17, 15) is 4.79 Å². The summed E-state index contributed by atoms with van der Waals surface area (Å²) in [6.07, 6.45) is 2.44. The molecule has 2 aromatic rings. The van der Waals surface area contributed by atoms with Crippen LogP contribution >= 0.6 is 0 Å². The molecule has 1 aromatic heterocycles. The quantitative estimate of drug-likeness (QED) is 0.836. The first-order valence-corrected chi connectivity index (χ1v) is 6.04. The van der Waals surface area contributed by atoms with E-state index < -0.39 is 0 Å². The average molecular weight is 256 g/mol. The lowest BCUT2D eigenvalue weighted by Gasteiger charge is -2.11. The Bertz CT molecular complexity index is 552. The van der Waals surface area contributed by atoms with Crippen LogP contribution in [0.4, 0.5) is 0 Å². The van der Waals surface area contributed by atoms with Crippen molar-refractivity contribution in [2.75, 3.05) is 7.11 Å². The number of nitrogens with one attached hydrogen (secondary N) is 1. The predicted molar refractivity (Wildman–Crippen MR) is 73.8 cm³/mol. The van der Waals surface area contributed by atoms with E-state index in [0.29, 0.717) is 12.3 Å². The second-order valence-corrected chi connectivity index (χ2v) is 4.22. The van der Waals surface area contributed by atoms with Gasteiger partial charge in [0.1, 0.15) is 0 Å². The summed E-state index contributed by atoms with van der Waals surface area (Å²) in [5, 5.41) is 2.73. The van der Waals surface area contributed by atoms with Crippen LogP contribution in [0.1, 0.15) is 18.5 Å². The van der Waals surface area contributed by atoms with E-state index in [1.54, 1.807) is 13.3 Å². The monoisotopic (exact) mass is 256 g/mol. The van der Waals surface area contributed by atoms with Gasteiger partial charge in [0.15, 0.2) is 0 Å². The van der Waals surface area contributed by atoms with Gasteiger partial charge in [-0.15, -0.1) is 0 Å². The summed E-state index contributed by atoms with van der Waals surface area (Å²) in [5.74, 6) is 0.595. The molecule has 1 heterocycles. The first kappa shape index (κ1) is 13.1. The number of ether oxygens (including phenoxy) is 1. The average Bonchev–Trinajstić information content (AvgIpc) is 2.48. The smallest absolute Gasteiger partial charge is 0.213 e. The van der Waals surface area contributed by atoms with Crippen LogP contribution < -0.4 is 10.1 Å². The second kappa shape index (κ2) is 6.00. The maximum Gasteiger partial charge on any atom is 0.213 e. The molecule has 0 radical (unpaired) electrons. The molecule has 0 spiro atoms. The lowest BCUT2D eigenvalue weighted by molar-refractivity contribution is -0.110. The third-order valence-electron chi connectivity index (χ3n) is 3.01. The number of nitrogens with zero attached hydrogens (tertiary/aromatic N) is 1. The summed E-state index contributed by atoms with van der Waals surface area (Å²) in [7, 11) is 1.60. The van der Waals surface area contributed by atoms with Gasteiger partial charge in [0.25, 0.3) is 0 Å². The zero-order chi connectivity index (χ0) is 13.7. The Kier molecular flexibility index (Phi) is 4.13. The number of hydrogen-bond acceptors (Lipinski definition) is 3. The van der Waals surface area contributed by atoms with Gasteiger partial charge >= 0.3 is 0 Å². The maximum absolute atomic E-state index is 10.4. The van der Waals surface area contributed by atoms with Gasteiger partial charge in [-0.1, -0.05) is 24.3 Å². The normalized spacial score (nSPS) is 11.7. The van der Waals surface area contributed by atoms with E-state index in [1.807, 2.05) is 43.3 Å². The van der Waals surface area contributed by atoms with Crippen molar-refractivity contribution in [1.29, 1.82) is 0 Å². The number of amides is 1. The third kappa shape index (κ3) is 3.10. The molecule has 0 saturated carbocycles. The Morgan fingerprint density at radius 3 is 2.58 bits per heavy atom. The van der Waals surface area contributed by atoms with Crippen molar-refractivity contribution >= 4 is 6.41 Å². The molecule has 19 heavy (non-hydrogen) atoms. The molecule has 0 saturated heterocycles. The van der Waals surface area contributed by atoms with E-state index in [2.05, 4.69) is 10.3 Å². The topological polar surface area (TPSA) is 51.2 Å². The molecule has 2 rings (SSSR count). The van der Waals surface area contributed by atoms with Crippen molar-refractivity contribution in [1.82, 2.24) is 10.3 Å². The fourth-order valence-electron chi connectivity index (χ4n) is 1.86. The van der Waals surface area contributed by atoms with E-state index in [1.165, 1.54) is 0 Å². The zero-order valence-electron chi connectivity index (χ0n) is 11.0. The molecule has 0 aliphatic carbocycles. The molecule has 0 aliphatic rings. The number of benzene rings is 1. The molecule has 0 aliphatic heterocycles. The molecule has 1 atom stereocenters. The number of pyridine rings is 1. The largest absolute Gasteiger partial charge is 0.481 e. The molecule has 0 bridgehead atoms. The summed E-state index contributed by atoms with van der Waals surface area (Å²) >= 11 is 0. The number of hydrogen-bond donors (Lipinski definition) is 1. The Morgan fingerprint density at radius 2 is 1.95 bits per heavy atom. The summed E-state index contributed by atoms with van der Waals surface area (Å²) < 4.78 is 5.11. The van der Waals surface area contributed by atoms with E-state index in [0.717, 1.165) is 16.7 Å². The van der Waals surface area contributed by atoms with Gasteiger partial charge in [0.2, 0.25) is 12.3 Å². The zero-order valence-corrected chi connectivity index (χ0v) is 11.0. The lowest BCUT2D eigenvalue weighted by atomic mass is 10.0. The maximum atomic E-state index is 10.4. The number of carbonyl (C=O) groups excluding carboxylic acids is 1. The lowest BCUT2D eigenvalue weighted by Crippen LogP contribution is -2.15. The van der Waals surface area contributed by atoms with Gasteiger partial charge in [-0.25, -0.2) is 4.98 Å². The van der Waals surface area contributed by atoms with Crippen LogP contribution in [0.15, 0.2) is 42.6 Å². The molecule has 1 N–H and O–H groups in total. The van der Waals surface area contributed by atoms with Crippen LogP contribution in [-0.4, -0.2) is 18.5 Å². The van der Waals surface area contributed by atoms with E-state index in [-0.39, 0.29) is 6.04 Å². The highest BCUT2D eigenvalue weighted by molar-refractivity contribution is 5.64. The van der Waals surface area contributed by atoms with Crippen molar-refractivity contribution < 1.29 is 9.53 Å². The highest BCUT2D eigenvalue weighted by Gasteiger charge is 2.05. The van der Waals surface area contributed by atoms with E-state index >= 15 is 0 Å². The van der Waals surface area contributed by atoms with Gasteiger partial charge in [-0.05, 0) is 29.7 Å². The summed E-state index contributed by atoms with van der Waals surface area (Å²) in [5.41, 5.74) is 3.20. The van der Waals surface area contributed by atoms with Gasteiger partial charge in [0.05, 0.1) is 13.2 Å². The molecule has 4 heteroatoms. The van der Waals surface area contributed by atoms with Crippen LogP contribution in [0.3, 0.4) is 0 Å². The summed E-state index contributed by atoms with van der Waals surface area (Å²) in [4.78, 5) is 14.5. The van der Waals surface area contributed by atoms with Crippen molar-refractivity contribution in [2.45, 2.75) is 13.0 Å². The van der Waals surface area contributed by atoms with Crippen LogP contribution in [0.25, 0.3) is 11.1 Å². The fraction of sp³-hybridized carbons (Fsp3) is 0.200. The van der Waals surface area contributed by atoms with Gasteiger partial charge in [-0.2, -0.15) is 0 Å². The van der Waals surface area contributed by atoms with Gasteiger partial charge in [0, 0.05) is 12.3 Å². The highest BCUT2D eigenvalue weighted by atomic mass is 16.5. The molecule has 0 fully saturated rings. The molecule has 4 nitrogen and oxygen atoms in total. The Hall–Kier alpha value is -2.36. The highest BCUT2D eigenvalue weighted by Crippen LogP contribution is 2.23. The van der Waals surface area contributed by atoms with Crippen molar-refractivity contribution in [3.05, 3.63) is 48.2 Å². The molecular formula is C15H16N2O2. The Balaban J connectivity index is 2.24. The minimum absolute atomic E-state index is 0.0125. The SMILES string of the molecule is COc1cc(-c2ccc([C@@H](C)NC=O)cc2)ccn1. The van der Waals surface area contributed by atoms with Crippen molar-refractivity contribution in [3.63, 3.8) is 0 Å². The first-order valence-electron chi connectivity index (χ1n) is 6.04. The predicted octanol–water partition coefficient (Wildman–Crippen LogP) is 2.56. The molecule has 1 amide bonds. The second-order valence-electron chi connectivity index (χ2n) is 4.22. The van der Waals surface area contributed by atoms with Gasteiger partial charge < -0.3 is 10.1 Å². The first-order chi connectivity index (χ1) is 9.24. The summed E-state index contributed by atoms with van der Waals surface area (Å²) in [6, 6.07) is 11.9. The van der Waals surface area contributed by atoms with Crippen LogP contribution in [-0.2, 0) is 4.79 Å². The standard InChI is InChI=1S/C15H16N2O2/c1-11(17-10-18)12-3-5-13(6-4-12)14-7-8-16-15(9-14)19-2/h3-11H,1-2H3,(H,17,18)/t11-/m1/s1. The molecule has 98 valence electrons. The van der Waals surface area contributed by atoms with Crippen molar-refractivity contribution in [2.24, 2.45) is 0 Å². The Labute approximate surface area is 112 Å². The third-order valence-corrected chi connectivity index (χ3v) is 3.01. The van der Waals surface area contributed by atoms with Crippen molar-refractivity contribution in [3.8, 4) is 17.0 Å². The fourth-order valence-corrected chi connectivity index (χ4v) is 1.86. The number of methoxy groups -OCH3 is 1.